The Morgan fingerprint density at radius 3 is 2.54 bits per heavy atom. The van der Waals surface area contributed by atoms with Gasteiger partial charge >= 0.3 is 6.03 Å². The predicted molar refractivity (Wildman–Crippen MR) is 137 cm³/mol. The number of ether oxygens (including phenoxy) is 2. The molecule has 9 nitrogen and oxygen atoms in total. The van der Waals surface area contributed by atoms with Gasteiger partial charge in [-0.1, -0.05) is 42.5 Å². The van der Waals surface area contributed by atoms with E-state index in [0.717, 1.165) is 17.5 Å². The van der Waals surface area contributed by atoms with Crippen molar-refractivity contribution in [3.05, 3.63) is 83.4 Å². The number of urea groups is 1. The summed E-state index contributed by atoms with van der Waals surface area (Å²) in [5.74, 6) is 0.399. The lowest BCUT2D eigenvalue weighted by Gasteiger charge is -2.29. The molecule has 0 spiro atoms. The highest BCUT2D eigenvalue weighted by molar-refractivity contribution is 7.90. The Kier molecular flexibility index (Phi) is 6.51. The third kappa shape index (κ3) is 4.84. The largest absolute Gasteiger partial charge is 0.454 e. The number of anilines is 1. The van der Waals surface area contributed by atoms with Crippen molar-refractivity contribution >= 4 is 27.6 Å². The average molecular weight is 522 g/mol. The fourth-order valence-corrected chi connectivity index (χ4v) is 6.07. The number of carbonyl (C=O) groups is 2. The number of sulfonamides is 1. The molecular weight excluding hydrogens is 494 g/mol. The second-order valence-electron chi connectivity index (χ2n) is 9.10. The van der Waals surface area contributed by atoms with Gasteiger partial charge in [0, 0.05) is 24.7 Å². The minimum absolute atomic E-state index is 0.00304. The summed E-state index contributed by atoms with van der Waals surface area (Å²) < 4.78 is 38.7. The van der Waals surface area contributed by atoms with Gasteiger partial charge in [-0.3, -0.25) is 4.79 Å². The van der Waals surface area contributed by atoms with E-state index in [1.54, 1.807) is 50.4 Å². The van der Waals surface area contributed by atoms with Crippen LogP contribution in [-0.2, 0) is 21.2 Å². The molecule has 1 aliphatic heterocycles. The molecule has 1 aliphatic carbocycles. The second-order valence-corrected chi connectivity index (χ2v) is 10.8. The van der Waals surface area contributed by atoms with E-state index in [0.29, 0.717) is 29.2 Å². The van der Waals surface area contributed by atoms with Crippen LogP contribution in [0, 0.1) is 6.92 Å². The number of nitrogens with zero attached hydrogens (tertiary/aromatic N) is 1. The SMILES string of the molecule is Cc1ccccc1S(=O)(=O)NC(=O)NC(C(=O)N(C)c1ccc2c(c1)OCO2)[C@H]1CCc2ccccc21. The molecule has 2 atom stereocenters. The Labute approximate surface area is 215 Å². The second kappa shape index (κ2) is 9.78. The molecule has 0 bridgehead atoms. The van der Waals surface area contributed by atoms with Crippen molar-refractivity contribution in [1.82, 2.24) is 10.0 Å². The van der Waals surface area contributed by atoms with Crippen LogP contribution in [0.1, 0.15) is 29.0 Å². The van der Waals surface area contributed by atoms with Crippen LogP contribution in [0.25, 0.3) is 0 Å². The van der Waals surface area contributed by atoms with Crippen LogP contribution in [0.5, 0.6) is 11.5 Å². The standard InChI is InChI=1S/C27H27N3O6S/c1-17-7-3-6-10-24(17)37(33,34)29-27(32)28-25(21-13-11-18-8-4-5-9-20(18)21)26(31)30(2)19-12-14-22-23(15-19)36-16-35-22/h3-10,12,14-15,21,25H,11,13,16H2,1-2H3,(H2,28,29,32)/t21-,25?/m0/s1. The maximum absolute atomic E-state index is 13.8. The van der Waals surface area contributed by atoms with Crippen molar-refractivity contribution in [3.8, 4) is 11.5 Å². The highest BCUT2D eigenvalue weighted by atomic mass is 32.2. The monoisotopic (exact) mass is 521 g/mol. The smallest absolute Gasteiger partial charge is 0.329 e. The van der Waals surface area contributed by atoms with E-state index in [1.165, 1.54) is 11.0 Å². The van der Waals surface area contributed by atoms with E-state index < -0.39 is 22.1 Å². The Bertz CT molecular complexity index is 1470. The molecule has 0 radical (unpaired) electrons. The summed E-state index contributed by atoms with van der Waals surface area (Å²) in [6.45, 7) is 1.75. The van der Waals surface area contributed by atoms with Crippen LogP contribution in [0.15, 0.2) is 71.6 Å². The molecule has 3 aromatic rings. The molecule has 0 saturated carbocycles. The summed E-state index contributed by atoms with van der Waals surface area (Å²) in [6.07, 6.45) is 1.39. The number of hydrogen-bond donors (Lipinski definition) is 2. The number of likely N-dealkylation sites (N-methyl/N-ethyl adjacent to an activating group) is 1. The van der Waals surface area contributed by atoms with Crippen molar-refractivity contribution in [1.29, 1.82) is 0 Å². The summed E-state index contributed by atoms with van der Waals surface area (Å²) >= 11 is 0. The van der Waals surface area contributed by atoms with Crippen molar-refractivity contribution < 1.29 is 27.5 Å². The third-order valence-corrected chi connectivity index (χ3v) is 8.31. The van der Waals surface area contributed by atoms with Gasteiger partial charge in [0.05, 0.1) is 4.90 Å². The number of nitrogens with one attached hydrogen (secondary N) is 2. The molecule has 0 aromatic heterocycles. The minimum Gasteiger partial charge on any atom is -0.454 e. The number of hydrogen-bond acceptors (Lipinski definition) is 6. The average Bonchev–Trinajstić information content (AvgIpc) is 3.53. The third-order valence-electron chi connectivity index (χ3n) is 6.82. The van der Waals surface area contributed by atoms with Crippen molar-refractivity contribution in [2.24, 2.45) is 0 Å². The summed E-state index contributed by atoms with van der Waals surface area (Å²) in [5.41, 5.74) is 3.12. The van der Waals surface area contributed by atoms with E-state index in [4.69, 9.17) is 9.47 Å². The van der Waals surface area contributed by atoms with E-state index in [1.807, 2.05) is 24.3 Å². The summed E-state index contributed by atoms with van der Waals surface area (Å²) in [5, 5.41) is 2.67. The van der Waals surface area contributed by atoms with Crippen LogP contribution in [0.4, 0.5) is 10.5 Å². The maximum Gasteiger partial charge on any atom is 0.329 e. The Morgan fingerprint density at radius 1 is 1.00 bits per heavy atom. The molecule has 3 aromatic carbocycles. The first-order valence-electron chi connectivity index (χ1n) is 11.9. The molecule has 2 aliphatic rings. The molecule has 5 rings (SSSR count). The predicted octanol–water partition coefficient (Wildman–Crippen LogP) is 3.47. The molecule has 0 saturated heterocycles. The van der Waals surface area contributed by atoms with E-state index in [2.05, 4.69) is 10.0 Å². The maximum atomic E-state index is 13.8. The van der Waals surface area contributed by atoms with Crippen molar-refractivity contribution in [2.45, 2.75) is 36.6 Å². The molecule has 2 N–H and O–H groups in total. The van der Waals surface area contributed by atoms with Gasteiger partial charge in [0.25, 0.3) is 10.0 Å². The first-order valence-corrected chi connectivity index (χ1v) is 13.4. The van der Waals surface area contributed by atoms with E-state index in [9.17, 15) is 18.0 Å². The fourth-order valence-electron chi connectivity index (χ4n) is 4.91. The van der Waals surface area contributed by atoms with Gasteiger partial charge in [0.1, 0.15) is 6.04 Å². The zero-order chi connectivity index (χ0) is 26.2. The molecule has 0 fully saturated rings. The van der Waals surface area contributed by atoms with Crippen LogP contribution in [0.3, 0.4) is 0 Å². The lowest BCUT2D eigenvalue weighted by atomic mass is 9.92. The molecule has 192 valence electrons. The summed E-state index contributed by atoms with van der Waals surface area (Å²) in [4.78, 5) is 28.3. The highest BCUT2D eigenvalue weighted by Gasteiger charge is 2.38. The van der Waals surface area contributed by atoms with Crippen LogP contribution >= 0.6 is 0 Å². The van der Waals surface area contributed by atoms with Crippen molar-refractivity contribution in [3.63, 3.8) is 0 Å². The molecule has 10 heteroatoms. The number of fused-ring (bicyclic) bond motifs is 2. The van der Waals surface area contributed by atoms with Gasteiger partial charge in [0.2, 0.25) is 12.7 Å². The Hall–Kier alpha value is -4.05. The van der Waals surface area contributed by atoms with E-state index in [-0.39, 0.29) is 23.5 Å². The quantitative estimate of drug-likeness (QED) is 0.514. The fraction of sp³-hybridized carbons (Fsp3) is 0.259. The first-order chi connectivity index (χ1) is 17.7. The molecule has 1 unspecified atom stereocenters. The van der Waals surface area contributed by atoms with E-state index >= 15 is 0 Å². The van der Waals surface area contributed by atoms with Crippen LogP contribution in [0.2, 0.25) is 0 Å². The lowest BCUT2D eigenvalue weighted by molar-refractivity contribution is -0.120. The molecule has 37 heavy (non-hydrogen) atoms. The summed E-state index contributed by atoms with van der Waals surface area (Å²) in [6, 6.07) is 17.3. The summed E-state index contributed by atoms with van der Waals surface area (Å²) in [7, 11) is -2.53. The number of carbonyl (C=O) groups excluding carboxylic acids is 2. The van der Waals surface area contributed by atoms with Crippen molar-refractivity contribution in [2.75, 3.05) is 18.7 Å². The number of rotatable bonds is 6. The van der Waals surface area contributed by atoms with Gasteiger partial charge in [-0.15, -0.1) is 0 Å². The zero-order valence-corrected chi connectivity index (χ0v) is 21.2. The molecule has 1 heterocycles. The molecule has 3 amide bonds. The Morgan fingerprint density at radius 2 is 1.73 bits per heavy atom. The van der Waals surface area contributed by atoms with Gasteiger partial charge in [-0.2, -0.15) is 0 Å². The topological polar surface area (TPSA) is 114 Å². The van der Waals surface area contributed by atoms with Crippen LogP contribution < -0.4 is 24.4 Å². The number of amides is 3. The lowest BCUT2D eigenvalue weighted by Crippen LogP contribution is -2.53. The molecular formula is C27H27N3O6S. The van der Waals surface area contributed by atoms with Gasteiger partial charge in [-0.25, -0.2) is 17.9 Å². The zero-order valence-electron chi connectivity index (χ0n) is 20.4. The van der Waals surface area contributed by atoms with Crippen LogP contribution in [-0.4, -0.2) is 40.2 Å². The normalized spacial score (nSPS) is 16.5. The van der Waals surface area contributed by atoms with Gasteiger partial charge in [0.15, 0.2) is 11.5 Å². The number of aryl methyl sites for hydroxylation is 2. The first kappa shape index (κ1) is 24.6. The number of benzene rings is 3. The van der Waals surface area contributed by atoms with Gasteiger partial charge < -0.3 is 19.7 Å². The van der Waals surface area contributed by atoms with Gasteiger partial charge in [-0.05, 0) is 54.7 Å². The minimum atomic E-state index is -4.14. The highest BCUT2D eigenvalue weighted by Crippen LogP contribution is 2.38. The Balaban J connectivity index is 1.42.